The molecule has 56 heavy (non-hydrogen) atoms. The number of nitrogens with zero attached hydrogens (tertiary/aromatic N) is 1. The number of allylic oxidation sites excluding steroid dienone is 1. The molecule has 0 bridgehead atoms. The van der Waals surface area contributed by atoms with Gasteiger partial charge in [-0.15, -0.1) is 11.3 Å². The van der Waals surface area contributed by atoms with Gasteiger partial charge in [0, 0.05) is 17.0 Å². The average Bonchev–Trinajstić information content (AvgIpc) is 4.06. The van der Waals surface area contributed by atoms with E-state index in [1.54, 1.807) is 11.3 Å². The van der Waals surface area contributed by atoms with E-state index in [2.05, 4.69) is 82.4 Å². The van der Waals surface area contributed by atoms with Crippen LogP contribution in [0.25, 0.3) is 38.0 Å². The minimum absolute atomic E-state index is 0.0440. The number of thiophene rings is 1. The molecular weight excluding hydrogens is 711 g/mol. The van der Waals surface area contributed by atoms with Gasteiger partial charge in [-0.1, -0.05) is 141 Å². The molecule has 0 fully saturated rings. The molecule has 5 aromatic carbocycles. The summed E-state index contributed by atoms with van der Waals surface area (Å²) in [6.45, 7) is 4.22. The molecule has 2 heterocycles. The molecule has 0 radical (unpaired) electrons. The first kappa shape index (κ1) is 36.9. The van der Waals surface area contributed by atoms with E-state index in [0.29, 0.717) is 18.7 Å². The Morgan fingerprint density at radius 3 is 2.23 bits per heavy atom. The van der Waals surface area contributed by atoms with Crippen molar-refractivity contribution < 1.29 is 14.3 Å². The molecule has 280 valence electrons. The molecule has 2 N–H and O–H groups in total. The second-order valence-corrected chi connectivity index (χ2v) is 15.1. The second-order valence-electron chi connectivity index (χ2n) is 14.2. The van der Waals surface area contributed by atoms with E-state index >= 15 is 0 Å². The fraction of sp³-hybridized carbons (Fsp3) is 0.204. The van der Waals surface area contributed by atoms with E-state index in [0.717, 1.165) is 44.5 Å². The fourth-order valence-electron chi connectivity index (χ4n) is 8.14. The summed E-state index contributed by atoms with van der Waals surface area (Å²) in [5.41, 5.74) is 11.3. The van der Waals surface area contributed by atoms with Gasteiger partial charge in [0.25, 0.3) is 0 Å². The molecule has 7 heteroatoms. The summed E-state index contributed by atoms with van der Waals surface area (Å²) in [4.78, 5) is 36.8. The van der Waals surface area contributed by atoms with E-state index in [1.165, 1.54) is 27.8 Å². The van der Waals surface area contributed by atoms with Gasteiger partial charge >= 0.3 is 5.97 Å². The molecule has 7 aromatic rings. The Bertz CT molecular complexity index is 2470. The third kappa shape index (κ3) is 7.60. The van der Waals surface area contributed by atoms with Gasteiger partial charge in [0.05, 0.1) is 30.3 Å². The number of imidazole rings is 1. The predicted octanol–water partition coefficient (Wildman–Crippen LogP) is 11.1. The zero-order valence-electron chi connectivity index (χ0n) is 31.7. The van der Waals surface area contributed by atoms with Crippen LogP contribution in [0.1, 0.15) is 72.3 Å². The molecule has 6 nitrogen and oxygen atoms in total. The Kier molecular flexibility index (Phi) is 11.0. The number of hydrogen-bond acceptors (Lipinski definition) is 5. The van der Waals surface area contributed by atoms with Crippen molar-refractivity contribution in [2.24, 2.45) is 5.92 Å². The third-order valence-corrected chi connectivity index (χ3v) is 11.9. The minimum atomic E-state index is -0.658. The number of fused-ring (bicyclic) bond motifs is 5. The number of carbonyl (C=O) groups excluding carboxylic acids is 2. The Morgan fingerprint density at radius 2 is 1.46 bits per heavy atom. The Labute approximate surface area is 332 Å². The normalized spacial score (nSPS) is 13.8. The van der Waals surface area contributed by atoms with Gasteiger partial charge in [-0.25, -0.2) is 4.98 Å². The standard InChI is InChI=1S/C47H39N3O3S.C2H6/c51-45(53-28-41-39-19-8-6-17-37(39)38-18-7-9-20-40(38)41)26-33(24-34-29-54-44-21-11-10-16-36(34)44)47(52)50-42(25-32-23-22-30-12-4-5-15-35(30)32)46-48-27-43(49-46)31-13-2-1-3-14-31;1-2/h1-21,23,27,29,33,41-42H,22,24-26,28H2,(H,48,49)(H,50,52);1-2H3/t33-,42+;/m0./s1. The van der Waals surface area contributed by atoms with Crippen LogP contribution in [0.15, 0.2) is 145 Å². The summed E-state index contributed by atoms with van der Waals surface area (Å²) in [6, 6.07) is 42.9. The van der Waals surface area contributed by atoms with Gasteiger partial charge in [-0.3, -0.25) is 9.59 Å². The molecule has 2 aromatic heterocycles. The van der Waals surface area contributed by atoms with E-state index in [4.69, 9.17) is 9.72 Å². The number of benzene rings is 5. The van der Waals surface area contributed by atoms with Gasteiger partial charge < -0.3 is 15.0 Å². The Balaban J connectivity index is 0.00000217. The van der Waals surface area contributed by atoms with Crippen LogP contribution >= 0.6 is 11.3 Å². The molecule has 9 rings (SSSR count). The number of esters is 1. The summed E-state index contributed by atoms with van der Waals surface area (Å²) in [5.74, 6) is -0.625. The SMILES string of the molecule is CC.O=C(C[C@H](Cc1csc2ccccc12)C(=O)N[C@H](CC1=CCc2ccccc21)c1ncc(-c2ccccc2)[nH]1)OCC1c2ccccc2-c2ccccc21. The molecule has 2 aliphatic rings. The quantitative estimate of drug-likeness (QED) is 0.122. The number of carbonyl (C=O) groups is 2. The Hall–Kier alpha value is -6.05. The van der Waals surface area contributed by atoms with Crippen molar-refractivity contribution in [3.05, 3.63) is 179 Å². The summed E-state index contributed by atoms with van der Waals surface area (Å²) >= 11 is 1.66. The number of amides is 1. The monoisotopic (exact) mass is 755 g/mol. The first-order valence-corrected chi connectivity index (χ1v) is 20.4. The van der Waals surface area contributed by atoms with Crippen molar-refractivity contribution in [3.8, 4) is 22.4 Å². The van der Waals surface area contributed by atoms with Crippen molar-refractivity contribution in [2.75, 3.05) is 6.61 Å². The number of nitrogens with one attached hydrogen (secondary N) is 2. The predicted molar refractivity (Wildman–Crippen MR) is 227 cm³/mol. The lowest BCUT2D eigenvalue weighted by Gasteiger charge is -2.23. The first-order chi connectivity index (χ1) is 27.6. The van der Waals surface area contributed by atoms with E-state index in [1.807, 2.05) is 86.8 Å². The lowest BCUT2D eigenvalue weighted by atomic mass is 9.93. The second kappa shape index (κ2) is 16.8. The number of ether oxygens (including phenoxy) is 1. The van der Waals surface area contributed by atoms with Crippen LogP contribution in [0.3, 0.4) is 0 Å². The number of rotatable bonds is 12. The fourth-order valence-corrected chi connectivity index (χ4v) is 9.12. The molecule has 0 saturated carbocycles. The highest BCUT2D eigenvalue weighted by molar-refractivity contribution is 7.17. The highest BCUT2D eigenvalue weighted by atomic mass is 32.1. The highest BCUT2D eigenvalue weighted by Crippen LogP contribution is 2.44. The van der Waals surface area contributed by atoms with Gasteiger partial charge in [-0.05, 0) is 79.8 Å². The van der Waals surface area contributed by atoms with Crippen molar-refractivity contribution in [1.29, 1.82) is 0 Å². The van der Waals surface area contributed by atoms with Crippen molar-refractivity contribution in [3.63, 3.8) is 0 Å². The van der Waals surface area contributed by atoms with Gasteiger partial charge in [0.15, 0.2) is 0 Å². The van der Waals surface area contributed by atoms with E-state index < -0.39 is 12.0 Å². The minimum Gasteiger partial charge on any atom is -0.465 e. The number of aromatic nitrogens is 2. The van der Waals surface area contributed by atoms with E-state index in [-0.39, 0.29) is 30.8 Å². The van der Waals surface area contributed by atoms with Crippen LogP contribution in [0.5, 0.6) is 0 Å². The lowest BCUT2D eigenvalue weighted by Crippen LogP contribution is -2.37. The van der Waals surface area contributed by atoms with Crippen molar-refractivity contribution >= 4 is 38.9 Å². The first-order valence-electron chi connectivity index (χ1n) is 19.6. The molecular formula is C49H45N3O3S. The maximum absolute atomic E-state index is 14.6. The lowest BCUT2D eigenvalue weighted by molar-refractivity contribution is -0.147. The van der Waals surface area contributed by atoms with Crippen LogP contribution in [-0.4, -0.2) is 28.5 Å². The maximum atomic E-state index is 14.6. The van der Waals surface area contributed by atoms with Gasteiger partial charge in [-0.2, -0.15) is 0 Å². The number of H-pyrrole nitrogens is 1. The molecule has 0 aliphatic heterocycles. The van der Waals surface area contributed by atoms with Gasteiger partial charge in [0.1, 0.15) is 12.4 Å². The topological polar surface area (TPSA) is 84.1 Å². The summed E-state index contributed by atoms with van der Waals surface area (Å²) in [6.07, 6.45) is 5.85. The summed E-state index contributed by atoms with van der Waals surface area (Å²) in [5, 5.41) is 6.58. The highest BCUT2D eigenvalue weighted by Gasteiger charge is 2.32. The number of aromatic amines is 1. The maximum Gasteiger partial charge on any atom is 0.306 e. The van der Waals surface area contributed by atoms with E-state index in [9.17, 15) is 9.59 Å². The smallest absolute Gasteiger partial charge is 0.306 e. The Morgan fingerprint density at radius 1 is 0.804 bits per heavy atom. The molecule has 0 spiro atoms. The average molecular weight is 756 g/mol. The van der Waals surface area contributed by atoms with Crippen LogP contribution in [0.2, 0.25) is 0 Å². The van der Waals surface area contributed by atoms with Crippen molar-refractivity contribution in [1.82, 2.24) is 15.3 Å². The van der Waals surface area contributed by atoms with Crippen LogP contribution in [-0.2, 0) is 27.2 Å². The third-order valence-electron chi connectivity index (χ3n) is 10.9. The zero-order chi connectivity index (χ0) is 38.4. The molecule has 0 unspecified atom stereocenters. The van der Waals surface area contributed by atoms with Crippen LogP contribution in [0.4, 0.5) is 0 Å². The molecule has 1 amide bonds. The summed E-state index contributed by atoms with van der Waals surface area (Å²) < 4.78 is 7.23. The molecule has 0 saturated heterocycles. The largest absolute Gasteiger partial charge is 0.465 e. The zero-order valence-corrected chi connectivity index (χ0v) is 32.5. The number of hydrogen-bond donors (Lipinski definition) is 2. The molecule has 2 aliphatic carbocycles. The van der Waals surface area contributed by atoms with Crippen molar-refractivity contribution in [2.45, 2.75) is 51.5 Å². The molecule has 2 atom stereocenters. The van der Waals surface area contributed by atoms with Crippen LogP contribution in [0, 0.1) is 5.92 Å². The summed E-state index contributed by atoms with van der Waals surface area (Å²) in [7, 11) is 0. The van der Waals surface area contributed by atoms with Gasteiger partial charge in [0.2, 0.25) is 5.91 Å². The van der Waals surface area contributed by atoms with Crippen LogP contribution < -0.4 is 5.32 Å².